The Morgan fingerprint density at radius 2 is 1.90 bits per heavy atom. The zero-order valence-electron chi connectivity index (χ0n) is 11.9. The zero-order valence-corrected chi connectivity index (χ0v) is 12.8. The van der Waals surface area contributed by atoms with Crippen molar-refractivity contribution in [2.24, 2.45) is 0 Å². The van der Waals surface area contributed by atoms with Crippen molar-refractivity contribution in [3.63, 3.8) is 0 Å². The van der Waals surface area contributed by atoms with Crippen LogP contribution in [0.4, 0.5) is 10.1 Å². The fourth-order valence-electron chi connectivity index (χ4n) is 1.86. The van der Waals surface area contributed by atoms with Crippen molar-refractivity contribution < 1.29 is 9.13 Å². The highest BCUT2D eigenvalue weighted by Gasteiger charge is 2.02. The lowest BCUT2D eigenvalue weighted by Gasteiger charge is -2.12. The Labute approximate surface area is 129 Å². The molecule has 0 aliphatic heterocycles. The van der Waals surface area contributed by atoms with Crippen LogP contribution in [0.2, 0.25) is 0 Å². The van der Waals surface area contributed by atoms with Crippen LogP contribution in [0.5, 0.6) is 5.75 Å². The second-order valence-corrected chi connectivity index (χ2v) is 5.02. The molecule has 2 aromatic carbocycles. The van der Waals surface area contributed by atoms with Crippen LogP contribution in [0.1, 0.15) is 11.1 Å². The summed E-state index contributed by atoms with van der Waals surface area (Å²) in [6.45, 7) is 2.44. The third kappa shape index (κ3) is 4.43. The number of hydrogen-bond donors (Lipinski definition) is 2. The number of aryl methyl sites for hydroxylation is 1. The van der Waals surface area contributed by atoms with Gasteiger partial charge in [-0.25, -0.2) is 4.39 Å². The van der Waals surface area contributed by atoms with Crippen LogP contribution in [0, 0.1) is 12.7 Å². The van der Waals surface area contributed by atoms with E-state index in [1.807, 2.05) is 31.2 Å². The lowest BCUT2D eigenvalue weighted by molar-refractivity contribution is 0.414. The van der Waals surface area contributed by atoms with Gasteiger partial charge >= 0.3 is 0 Å². The highest BCUT2D eigenvalue weighted by atomic mass is 32.1. The standard InChI is InChI=1S/C16H17FN2OS/c1-11-9-13(17)5-8-15(11)19-16(21)18-10-12-3-6-14(20-2)7-4-12/h3-9H,10H2,1-2H3,(H2,18,19,21). The van der Waals surface area contributed by atoms with Gasteiger partial charge in [-0.3, -0.25) is 0 Å². The van der Waals surface area contributed by atoms with E-state index in [0.717, 1.165) is 22.6 Å². The normalized spacial score (nSPS) is 10.0. The third-order valence-electron chi connectivity index (χ3n) is 3.05. The Kier molecular flexibility index (Phi) is 5.11. The Morgan fingerprint density at radius 3 is 2.52 bits per heavy atom. The van der Waals surface area contributed by atoms with Crippen molar-refractivity contribution in [3.8, 4) is 5.75 Å². The maximum atomic E-state index is 13.0. The van der Waals surface area contributed by atoms with Gasteiger partial charge in [-0.05, 0) is 60.6 Å². The summed E-state index contributed by atoms with van der Waals surface area (Å²) >= 11 is 5.24. The number of methoxy groups -OCH3 is 1. The molecule has 0 saturated heterocycles. The molecule has 0 unspecified atom stereocenters. The summed E-state index contributed by atoms with van der Waals surface area (Å²) in [6.07, 6.45) is 0. The number of nitrogens with one attached hydrogen (secondary N) is 2. The van der Waals surface area contributed by atoms with Crippen LogP contribution in [0.15, 0.2) is 42.5 Å². The Hall–Kier alpha value is -2.14. The predicted octanol–water partition coefficient (Wildman–Crippen LogP) is 3.63. The van der Waals surface area contributed by atoms with Crippen molar-refractivity contribution in [1.29, 1.82) is 0 Å². The molecule has 0 radical (unpaired) electrons. The minimum absolute atomic E-state index is 0.254. The zero-order chi connectivity index (χ0) is 15.2. The highest BCUT2D eigenvalue weighted by molar-refractivity contribution is 7.80. The minimum Gasteiger partial charge on any atom is -0.497 e. The average Bonchev–Trinajstić information content (AvgIpc) is 2.48. The average molecular weight is 304 g/mol. The van der Waals surface area contributed by atoms with Crippen molar-refractivity contribution >= 4 is 23.0 Å². The fourth-order valence-corrected chi connectivity index (χ4v) is 2.04. The van der Waals surface area contributed by atoms with Gasteiger partial charge in [0.15, 0.2) is 5.11 Å². The van der Waals surface area contributed by atoms with E-state index < -0.39 is 0 Å². The molecular formula is C16H17FN2OS. The van der Waals surface area contributed by atoms with Gasteiger partial charge in [-0.2, -0.15) is 0 Å². The van der Waals surface area contributed by atoms with E-state index in [1.54, 1.807) is 13.2 Å². The molecule has 2 rings (SSSR count). The largest absolute Gasteiger partial charge is 0.497 e. The van der Waals surface area contributed by atoms with Crippen LogP contribution < -0.4 is 15.4 Å². The van der Waals surface area contributed by atoms with Gasteiger partial charge in [-0.15, -0.1) is 0 Å². The molecule has 21 heavy (non-hydrogen) atoms. The first kappa shape index (κ1) is 15.3. The minimum atomic E-state index is -0.254. The van der Waals surface area contributed by atoms with Crippen LogP contribution in [0.3, 0.4) is 0 Å². The van der Waals surface area contributed by atoms with Crippen molar-refractivity contribution in [3.05, 3.63) is 59.4 Å². The molecule has 0 atom stereocenters. The van der Waals surface area contributed by atoms with E-state index in [-0.39, 0.29) is 5.82 Å². The number of rotatable bonds is 4. The first-order valence-electron chi connectivity index (χ1n) is 6.52. The van der Waals surface area contributed by atoms with E-state index in [9.17, 15) is 4.39 Å². The maximum absolute atomic E-state index is 13.0. The maximum Gasteiger partial charge on any atom is 0.171 e. The topological polar surface area (TPSA) is 33.3 Å². The molecular weight excluding hydrogens is 287 g/mol. The van der Waals surface area contributed by atoms with Gasteiger partial charge in [0, 0.05) is 12.2 Å². The molecule has 0 aliphatic carbocycles. The van der Waals surface area contributed by atoms with E-state index in [1.165, 1.54) is 12.1 Å². The lowest BCUT2D eigenvalue weighted by Crippen LogP contribution is -2.28. The van der Waals surface area contributed by atoms with Crippen molar-refractivity contribution in [1.82, 2.24) is 5.32 Å². The molecule has 0 aliphatic rings. The molecule has 0 saturated carbocycles. The summed E-state index contributed by atoms with van der Waals surface area (Å²) < 4.78 is 18.1. The fraction of sp³-hybridized carbons (Fsp3) is 0.188. The number of halogens is 1. The number of hydrogen-bond acceptors (Lipinski definition) is 2. The molecule has 2 N–H and O–H groups in total. The lowest BCUT2D eigenvalue weighted by atomic mass is 10.2. The number of anilines is 1. The van der Waals surface area contributed by atoms with Crippen LogP contribution in [0.25, 0.3) is 0 Å². The summed E-state index contributed by atoms with van der Waals surface area (Å²) in [7, 11) is 1.64. The van der Waals surface area contributed by atoms with E-state index in [2.05, 4.69) is 10.6 Å². The van der Waals surface area contributed by atoms with Gasteiger partial charge in [-0.1, -0.05) is 12.1 Å². The first-order valence-corrected chi connectivity index (χ1v) is 6.93. The number of thiocarbonyl (C=S) groups is 1. The van der Waals surface area contributed by atoms with Crippen LogP contribution >= 0.6 is 12.2 Å². The molecule has 0 aromatic heterocycles. The molecule has 5 heteroatoms. The Bertz CT molecular complexity index is 629. The number of ether oxygens (including phenoxy) is 1. The number of benzene rings is 2. The van der Waals surface area contributed by atoms with E-state index >= 15 is 0 Å². The second kappa shape index (κ2) is 7.04. The van der Waals surface area contributed by atoms with E-state index in [4.69, 9.17) is 17.0 Å². The summed E-state index contributed by atoms with van der Waals surface area (Å²) in [6, 6.07) is 12.3. The summed E-state index contributed by atoms with van der Waals surface area (Å²) in [5.41, 5.74) is 2.70. The molecule has 0 spiro atoms. The molecule has 110 valence electrons. The van der Waals surface area contributed by atoms with E-state index in [0.29, 0.717) is 11.7 Å². The third-order valence-corrected chi connectivity index (χ3v) is 3.30. The predicted molar refractivity (Wildman–Crippen MR) is 87.2 cm³/mol. The molecule has 0 heterocycles. The van der Waals surface area contributed by atoms with Gasteiger partial charge in [0.2, 0.25) is 0 Å². The monoisotopic (exact) mass is 304 g/mol. The summed E-state index contributed by atoms with van der Waals surface area (Å²) in [5, 5.41) is 6.67. The molecule has 2 aromatic rings. The van der Waals surface area contributed by atoms with Crippen LogP contribution in [-0.2, 0) is 6.54 Å². The molecule has 0 fully saturated rings. The molecule has 0 amide bonds. The quantitative estimate of drug-likeness (QED) is 0.845. The second-order valence-electron chi connectivity index (χ2n) is 4.61. The van der Waals surface area contributed by atoms with Gasteiger partial charge in [0.25, 0.3) is 0 Å². The van der Waals surface area contributed by atoms with Gasteiger partial charge < -0.3 is 15.4 Å². The Balaban J connectivity index is 1.89. The highest BCUT2D eigenvalue weighted by Crippen LogP contribution is 2.15. The van der Waals surface area contributed by atoms with Gasteiger partial charge in [0.1, 0.15) is 11.6 Å². The molecule has 3 nitrogen and oxygen atoms in total. The summed E-state index contributed by atoms with van der Waals surface area (Å²) in [5.74, 6) is 0.566. The first-order chi connectivity index (χ1) is 10.1. The van der Waals surface area contributed by atoms with Crippen molar-refractivity contribution in [2.75, 3.05) is 12.4 Å². The van der Waals surface area contributed by atoms with Crippen molar-refractivity contribution in [2.45, 2.75) is 13.5 Å². The SMILES string of the molecule is COc1ccc(CNC(=S)Nc2ccc(F)cc2C)cc1. The van der Waals surface area contributed by atoms with Crippen LogP contribution in [-0.4, -0.2) is 12.2 Å². The Morgan fingerprint density at radius 1 is 1.19 bits per heavy atom. The summed E-state index contributed by atoms with van der Waals surface area (Å²) in [4.78, 5) is 0. The van der Waals surface area contributed by atoms with Gasteiger partial charge in [0.05, 0.1) is 7.11 Å². The molecule has 0 bridgehead atoms. The smallest absolute Gasteiger partial charge is 0.171 e.